The number of hydrogen-bond acceptors (Lipinski definition) is 3. The van der Waals surface area contributed by atoms with E-state index in [4.69, 9.17) is 16.9 Å². The van der Waals surface area contributed by atoms with Crippen molar-refractivity contribution >= 4 is 6.21 Å². The summed E-state index contributed by atoms with van der Waals surface area (Å²) in [5.41, 5.74) is 12.2. The third-order valence-electron chi connectivity index (χ3n) is 1.09. The molecule has 0 unspecified atom stereocenters. The lowest BCUT2D eigenvalue weighted by Gasteiger charge is -1.98. The molecular weight excluding hydrogens is 114 g/mol. The summed E-state index contributed by atoms with van der Waals surface area (Å²) in [6, 6.07) is 0. The molecule has 0 aromatic carbocycles. The minimum atomic E-state index is 0.555. The van der Waals surface area contributed by atoms with Crippen LogP contribution in [0.25, 0.3) is 0 Å². The molecule has 0 aliphatic rings. The highest BCUT2D eigenvalue weighted by atomic mass is 14.6. The van der Waals surface area contributed by atoms with Crippen LogP contribution in [-0.4, -0.2) is 12.8 Å². The number of nitrogens with two attached hydrogens (primary N) is 2. The molecule has 0 radical (unpaired) electrons. The summed E-state index contributed by atoms with van der Waals surface area (Å²) in [6.45, 7) is 2.33. The lowest BCUT2D eigenvalue weighted by molar-refractivity contribution is 0.967. The highest BCUT2D eigenvalue weighted by Gasteiger charge is 1.92. The maximum atomic E-state index is 6.88. The van der Waals surface area contributed by atoms with Crippen LogP contribution in [0.3, 0.4) is 0 Å². The second-order valence-corrected chi connectivity index (χ2v) is 1.89. The van der Waals surface area contributed by atoms with Crippen molar-refractivity contribution in [3.05, 3.63) is 11.3 Å². The fourth-order valence-corrected chi connectivity index (χ4v) is 0.539. The third-order valence-corrected chi connectivity index (χ3v) is 1.09. The van der Waals surface area contributed by atoms with Gasteiger partial charge in [0.05, 0.1) is 0 Å². The first kappa shape index (κ1) is 8.17. The standard InChI is InChI=1S/C6H13N3/c1-5(9)6(4-8)2-3-7/h4,8H,2-3,7,9H2,1H3. The van der Waals surface area contributed by atoms with Crippen molar-refractivity contribution in [2.75, 3.05) is 6.54 Å². The first-order chi connectivity index (χ1) is 4.22. The zero-order valence-electron chi connectivity index (χ0n) is 5.65. The number of allylic oxidation sites excluding steroid dienone is 1. The van der Waals surface area contributed by atoms with Crippen LogP contribution in [0.5, 0.6) is 0 Å². The first-order valence-electron chi connectivity index (χ1n) is 2.88. The fraction of sp³-hybridized carbons (Fsp3) is 0.500. The van der Waals surface area contributed by atoms with E-state index in [1.54, 1.807) is 6.92 Å². The molecule has 52 valence electrons. The van der Waals surface area contributed by atoms with Crippen LogP contribution in [-0.2, 0) is 0 Å². The largest absolute Gasteiger partial charge is 0.402 e. The normalized spacial score (nSPS) is 12.7. The van der Waals surface area contributed by atoms with Gasteiger partial charge in [0.2, 0.25) is 0 Å². The van der Waals surface area contributed by atoms with Crippen LogP contribution in [0.15, 0.2) is 11.3 Å². The highest BCUT2D eigenvalue weighted by Crippen LogP contribution is 1.98. The van der Waals surface area contributed by atoms with Crippen molar-refractivity contribution in [1.29, 1.82) is 5.41 Å². The Morgan fingerprint density at radius 2 is 2.22 bits per heavy atom. The summed E-state index contributed by atoms with van der Waals surface area (Å²) in [5.74, 6) is 0. The predicted molar refractivity (Wildman–Crippen MR) is 39.3 cm³/mol. The Balaban J connectivity index is 3.98. The fourth-order valence-electron chi connectivity index (χ4n) is 0.539. The molecule has 0 aliphatic heterocycles. The van der Waals surface area contributed by atoms with Crippen molar-refractivity contribution in [2.45, 2.75) is 13.3 Å². The highest BCUT2D eigenvalue weighted by molar-refractivity contribution is 5.76. The van der Waals surface area contributed by atoms with E-state index in [2.05, 4.69) is 0 Å². The molecule has 0 saturated carbocycles. The summed E-state index contributed by atoms with van der Waals surface area (Å²) in [4.78, 5) is 0. The Labute approximate surface area is 55.2 Å². The van der Waals surface area contributed by atoms with Gasteiger partial charge in [-0.3, -0.25) is 0 Å². The summed E-state index contributed by atoms with van der Waals surface area (Å²) in [6.07, 6.45) is 1.95. The van der Waals surface area contributed by atoms with Gasteiger partial charge < -0.3 is 16.9 Å². The Kier molecular flexibility index (Phi) is 3.71. The molecule has 0 bridgehead atoms. The monoisotopic (exact) mass is 127 g/mol. The molecule has 0 aromatic rings. The molecule has 3 heteroatoms. The van der Waals surface area contributed by atoms with Gasteiger partial charge in [0.15, 0.2) is 0 Å². The molecule has 0 fully saturated rings. The molecule has 5 N–H and O–H groups in total. The van der Waals surface area contributed by atoms with Gasteiger partial charge in [-0.2, -0.15) is 0 Å². The lowest BCUT2D eigenvalue weighted by Crippen LogP contribution is -2.05. The average molecular weight is 127 g/mol. The van der Waals surface area contributed by atoms with E-state index < -0.39 is 0 Å². The minimum absolute atomic E-state index is 0.555. The van der Waals surface area contributed by atoms with Gasteiger partial charge in [0.25, 0.3) is 0 Å². The minimum Gasteiger partial charge on any atom is -0.402 e. The molecule has 3 nitrogen and oxygen atoms in total. The summed E-state index contributed by atoms with van der Waals surface area (Å²) >= 11 is 0. The van der Waals surface area contributed by atoms with Crippen molar-refractivity contribution in [3.8, 4) is 0 Å². The average Bonchev–Trinajstić information content (AvgIpc) is 1.82. The Morgan fingerprint density at radius 3 is 2.33 bits per heavy atom. The maximum Gasteiger partial charge on any atom is 0.0227 e. The van der Waals surface area contributed by atoms with E-state index in [-0.39, 0.29) is 0 Å². The van der Waals surface area contributed by atoms with Crippen LogP contribution < -0.4 is 11.5 Å². The number of hydrogen-bond donors (Lipinski definition) is 3. The van der Waals surface area contributed by atoms with E-state index in [0.717, 1.165) is 5.57 Å². The molecule has 9 heavy (non-hydrogen) atoms. The van der Waals surface area contributed by atoms with Gasteiger partial charge in [0, 0.05) is 11.9 Å². The van der Waals surface area contributed by atoms with Crippen molar-refractivity contribution in [1.82, 2.24) is 0 Å². The molecule has 0 heterocycles. The van der Waals surface area contributed by atoms with Crippen molar-refractivity contribution in [3.63, 3.8) is 0 Å². The lowest BCUT2D eigenvalue weighted by atomic mass is 10.2. The second kappa shape index (κ2) is 4.09. The second-order valence-electron chi connectivity index (χ2n) is 1.89. The van der Waals surface area contributed by atoms with Crippen molar-refractivity contribution in [2.24, 2.45) is 11.5 Å². The van der Waals surface area contributed by atoms with E-state index in [1.807, 2.05) is 0 Å². The van der Waals surface area contributed by atoms with Crippen LogP contribution in [0.2, 0.25) is 0 Å². The van der Waals surface area contributed by atoms with E-state index in [9.17, 15) is 0 Å². The summed E-state index contributed by atoms with van der Waals surface area (Å²) < 4.78 is 0. The topological polar surface area (TPSA) is 75.9 Å². The Morgan fingerprint density at radius 1 is 1.67 bits per heavy atom. The van der Waals surface area contributed by atoms with Gasteiger partial charge in [-0.05, 0) is 25.5 Å². The van der Waals surface area contributed by atoms with Gasteiger partial charge in [-0.15, -0.1) is 0 Å². The Hall–Kier alpha value is -0.830. The van der Waals surface area contributed by atoms with Crippen LogP contribution >= 0.6 is 0 Å². The smallest absolute Gasteiger partial charge is 0.0227 e. The zero-order valence-corrected chi connectivity index (χ0v) is 5.65. The molecule has 0 aliphatic carbocycles. The molecule has 0 amide bonds. The molecule has 0 atom stereocenters. The predicted octanol–water partition coefficient (Wildman–Crippen LogP) is 0.217. The van der Waals surface area contributed by atoms with Gasteiger partial charge in [-0.1, -0.05) is 0 Å². The van der Waals surface area contributed by atoms with E-state index in [1.165, 1.54) is 6.21 Å². The number of rotatable bonds is 3. The Bertz CT molecular complexity index is 122. The van der Waals surface area contributed by atoms with Crippen molar-refractivity contribution < 1.29 is 0 Å². The van der Waals surface area contributed by atoms with E-state index >= 15 is 0 Å². The summed E-state index contributed by atoms with van der Waals surface area (Å²) in [5, 5.41) is 6.88. The molecule has 0 spiro atoms. The molecule has 0 saturated heterocycles. The first-order valence-corrected chi connectivity index (χ1v) is 2.88. The van der Waals surface area contributed by atoms with Gasteiger partial charge in [-0.25, -0.2) is 0 Å². The number of nitrogens with one attached hydrogen (secondary N) is 1. The zero-order chi connectivity index (χ0) is 7.28. The SMILES string of the molecule is CC(N)=C(C=N)CCN. The third kappa shape index (κ3) is 2.87. The van der Waals surface area contributed by atoms with Crippen LogP contribution in [0, 0.1) is 5.41 Å². The van der Waals surface area contributed by atoms with Gasteiger partial charge in [0.1, 0.15) is 0 Å². The molecule has 0 aromatic heterocycles. The quantitative estimate of drug-likeness (QED) is 0.474. The van der Waals surface area contributed by atoms with E-state index in [0.29, 0.717) is 18.7 Å². The van der Waals surface area contributed by atoms with Gasteiger partial charge >= 0.3 is 0 Å². The molecular formula is C6H13N3. The summed E-state index contributed by atoms with van der Waals surface area (Å²) in [7, 11) is 0. The van der Waals surface area contributed by atoms with Crippen LogP contribution in [0.1, 0.15) is 13.3 Å². The molecule has 0 rings (SSSR count). The van der Waals surface area contributed by atoms with Crippen LogP contribution in [0.4, 0.5) is 0 Å². The maximum absolute atomic E-state index is 6.88.